The number of carboxylic acid groups (broad SMARTS) is 1. The van der Waals surface area contributed by atoms with Gasteiger partial charge in [0.15, 0.2) is 0 Å². The van der Waals surface area contributed by atoms with E-state index in [9.17, 15) is 10.0 Å². The van der Waals surface area contributed by atoms with Gasteiger partial charge in [0, 0.05) is 0 Å². The molecular weight excluding hydrogens is 194 g/mol. The summed E-state index contributed by atoms with van der Waals surface area (Å²) in [6, 6.07) is 8.20. The number of hydroxylamine groups is 1. The molecule has 0 saturated carbocycles. The van der Waals surface area contributed by atoms with Gasteiger partial charge in [-0.25, -0.2) is 9.86 Å². The third-order valence-corrected chi connectivity index (χ3v) is 1.81. The van der Waals surface area contributed by atoms with Crippen molar-refractivity contribution in [1.82, 2.24) is 0 Å². The van der Waals surface area contributed by atoms with E-state index in [0.717, 1.165) is 0 Å². The van der Waals surface area contributed by atoms with Crippen LogP contribution < -0.4 is 5.06 Å². The van der Waals surface area contributed by atoms with Crippen LogP contribution in [-0.4, -0.2) is 21.8 Å². The van der Waals surface area contributed by atoms with E-state index < -0.39 is 11.5 Å². The Balaban J connectivity index is 2.79. The average Bonchev–Trinajstić information content (AvgIpc) is 2.17. The first-order chi connectivity index (χ1) is 6.13. The number of anilines is 1. The molecule has 2 N–H and O–H groups in total. The molecular formula is C8H8ClNO3. The second-order valence-corrected chi connectivity index (χ2v) is 2.77. The Hall–Kier alpha value is -1.26. The number of rotatable bonds is 3. The molecule has 1 aromatic carbocycles. The van der Waals surface area contributed by atoms with Crippen LogP contribution in [0.25, 0.3) is 0 Å². The lowest BCUT2D eigenvalue weighted by molar-refractivity contribution is -0.137. The van der Waals surface area contributed by atoms with E-state index in [2.05, 4.69) is 0 Å². The van der Waals surface area contributed by atoms with E-state index in [1.807, 2.05) is 0 Å². The van der Waals surface area contributed by atoms with Crippen LogP contribution in [0.15, 0.2) is 30.3 Å². The molecule has 0 heterocycles. The minimum absolute atomic E-state index is 0.338. The number of aliphatic carboxylic acids is 1. The van der Waals surface area contributed by atoms with Crippen molar-refractivity contribution in [1.29, 1.82) is 0 Å². The lowest BCUT2D eigenvalue weighted by atomic mass is 10.3. The molecule has 0 saturated heterocycles. The molecule has 1 atom stereocenters. The largest absolute Gasteiger partial charge is 0.479 e. The monoisotopic (exact) mass is 201 g/mol. The normalized spacial score (nSPS) is 12.2. The number of hydrogen-bond acceptors (Lipinski definition) is 3. The molecule has 13 heavy (non-hydrogen) atoms. The van der Waals surface area contributed by atoms with Gasteiger partial charge in [-0.3, -0.25) is 5.21 Å². The second-order valence-electron chi connectivity index (χ2n) is 2.35. The van der Waals surface area contributed by atoms with Crippen molar-refractivity contribution >= 4 is 23.3 Å². The Morgan fingerprint density at radius 3 is 2.38 bits per heavy atom. The molecule has 0 spiro atoms. The predicted molar refractivity (Wildman–Crippen MR) is 48.0 cm³/mol. The van der Waals surface area contributed by atoms with Crippen LogP contribution in [0.1, 0.15) is 0 Å². The molecule has 0 aliphatic heterocycles. The molecule has 1 aromatic rings. The average molecular weight is 202 g/mol. The van der Waals surface area contributed by atoms with Gasteiger partial charge < -0.3 is 5.11 Å². The SMILES string of the molecule is O=C(O)[C@H](Cl)N(O)c1ccccc1. The Labute approximate surface area is 79.9 Å². The molecule has 0 fully saturated rings. The van der Waals surface area contributed by atoms with Gasteiger partial charge in [-0.15, -0.1) is 0 Å². The smallest absolute Gasteiger partial charge is 0.344 e. The Bertz CT molecular complexity index is 291. The summed E-state index contributed by atoms with van der Waals surface area (Å²) in [6.07, 6.45) is 0. The summed E-state index contributed by atoms with van der Waals surface area (Å²) in [5, 5.41) is 18.3. The van der Waals surface area contributed by atoms with Gasteiger partial charge in [0.25, 0.3) is 0 Å². The third-order valence-electron chi connectivity index (χ3n) is 1.44. The standard InChI is InChI=1S/C8H8ClNO3/c9-7(8(11)12)10(13)6-4-2-1-3-5-6/h1-5,7,13H,(H,11,12)/t7-/m1/s1. The number of benzene rings is 1. The lowest BCUT2D eigenvalue weighted by Gasteiger charge is -2.18. The summed E-state index contributed by atoms with van der Waals surface area (Å²) in [7, 11) is 0. The van der Waals surface area contributed by atoms with E-state index in [1.165, 1.54) is 0 Å². The third kappa shape index (κ3) is 2.34. The topological polar surface area (TPSA) is 60.8 Å². The van der Waals surface area contributed by atoms with Crippen molar-refractivity contribution in [3.63, 3.8) is 0 Å². The highest BCUT2D eigenvalue weighted by molar-refractivity contribution is 6.30. The van der Waals surface area contributed by atoms with E-state index in [-0.39, 0.29) is 0 Å². The van der Waals surface area contributed by atoms with Gasteiger partial charge in [-0.05, 0) is 12.1 Å². The zero-order valence-electron chi connectivity index (χ0n) is 6.59. The van der Waals surface area contributed by atoms with Crippen molar-refractivity contribution in [3.8, 4) is 0 Å². The minimum Gasteiger partial charge on any atom is -0.479 e. The minimum atomic E-state index is -1.47. The van der Waals surface area contributed by atoms with Crippen LogP contribution >= 0.6 is 11.6 Å². The highest BCUT2D eigenvalue weighted by atomic mass is 35.5. The maximum atomic E-state index is 10.4. The first-order valence-electron chi connectivity index (χ1n) is 3.53. The summed E-state index contributed by atoms with van der Waals surface area (Å²) in [5.74, 6) is -1.30. The van der Waals surface area contributed by atoms with E-state index in [4.69, 9.17) is 16.7 Å². The van der Waals surface area contributed by atoms with Crippen molar-refractivity contribution < 1.29 is 15.1 Å². The van der Waals surface area contributed by atoms with Gasteiger partial charge in [0.05, 0.1) is 5.69 Å². The molecule has 70 valence electrons. The number of alkyl halides is 1. The summed E-state index contributed by atoms with van der Waals surface area (Å²) in [5.41, 5.74) is -1.13. The van der Waals surface area contributed by atoms with Crippen molar-refractivity contribution in [2.75, 3.05) is 5.06 Å². The van der Waals surface area contributed by atoms with Crippen LogP contribution in [-0.2, 0) is 4.79 Å². The van der Waals surface area contributed by atoms with Gasteiger partial charge in [-0.2, -0.15) is 0 Å². The van der Waals surface area contributed by atoms with Gasteiger partial charge in [0.1, 0.15) is 0 Å². The van der Waals surface area contributed by atoms with Gasteiger partial charge >= 0.3 is 5.97 Å². The van der Waals surface area contributed by atoms with Crippen LogP contribution in [0.3, 0.4) is 0 Å². The van der Waals surface area contributed by atoms with Crippen molar-refractivity contribution in [3.05, 3.63) is 30.3 Å². The van der Waals surface area contributed by atoms with E-state index >= 15 is 0 Å². The number of carboxylic acids is 1. The fourth-order valence-electron chi connectivity index (χ4n) is 0.816. The van der Waals surface area contributed by atoms with Crippen molar-refractivity contribution in [2.24, 2.45) is 0 Å². The number of carbonyl (C=O) groups is 1. The maximum Gasteiger partial charge on any atom is 0.344 e. The van der Waals surface area contributed by atoms with Crippen molar-refractivity contribution in [2.45, 2.75) is 5.50 Å². The number of nitrogens with zero attached hydrogens (tertiary/aromatic N) is 1. The Kier molecular flexibility index (Phi) is 3.11. The molecule has 4 nitrogen and oxygen atoms in total. The molecule has 0 aliphatic carbocycles. The van der Waals surface area contributed by atoms with Crippen LogP contribution in [0.4, 0.5) is 5.69 Å². The fraction of sp³-hybridized carbons (Fsp3) is 0.125. The lowest BCUT2D eigenvalue weighted by Crippen LogP contribution is -2.34. The highest BCUT2D eigenvalue weighted by Gasteiger charge is 2.21. The highest BCUT2D eigenvalue weighted by Crippen LogP contribution is 2.15. The summed E-state index contributed by atoms with van der Waals surface area (Å²) in [6.45, 7) is 0. The fourth-order valence-corrected chi connectivity index (χ4v) is 0.929. The molecule has 0 aromatic heterocycles. The van der Waals surface area contributed by atoms with E-state index in [1.54, 1.807) is 30.3 Å². The Morgan fingerprint density at radius 1 is 1.38 bits per heavy atom. The Morgan fingerprint density at radius 2 is 1.92 bits per heavy atom. The molecule has 5 heteroatoms. The molecule has 0 radical (unpaired) electrons. The molecule has 0 amide bonds. The zero-order valence-corrected chi connectivity index (χ0v) is 7.35. The van der Waals surface area contributed by atoms with Crippen LogP contribution in [0.5, 0.6) is 0 Å². The summed E-state index contributed by atoms with van der Waals surface area (Å²) >= 11 is 5.38. The number of hydrogen-bond donors (Lipinski definition) is 2. The molecule has 1 rings (SSSR count). The maximum absolute atomic E-state index is 10.4. The van der Waals surface area contributed by atoms with Crippen LogP contribution in [0, 0.1) is 0 Å². The first kappa shape index (κ1) is 9.83. The number of para-hydroxylation sites is 1. The second kappa shape index (κ2) is 4.11. The predicted octanol–water partition coefficient (Wildman–Crippen LogP) is 1.53. The molecule has 0 unspecified atom stereocenters. The zero-order chi connectivity index (χ0) is 9.84. The summed E-state index contributed by atoms with van der Waals surface area (Å²) in [4.78, 5) is 10.4. The van der Waals surface area contributed by atoms with Gasteiger partial charge in [0.2, 0.25) is 5.50 Å². The first-order valence-corrected chi connectivity index (χ1v) is 3.96. The molecule has 0 aliphatic rings. The number of halogens is 1. The van der Waals surface area contributed by atoms with Gasteiger partial charge in [-0.1, -0.05) is 29.8 Å². The summed E-state index contributed by atoms with van der Waals surface area (Å²) < 4.78 is 0. The quantitative estimate of drug-likeness (QED) is 0.442. The van der Waals surface area contributed by atoms with Crippen LogP contribution in [0.2, 0.25) is 0 Å². The van der Waals surface area contributed by atoms with E-state index in [0.29, 0.717) is 10.8 Å². The molecule has 0 bridgehead atoms.